The van der Waals surface area contributed by atoms with Crippen molar-refractivity contribution in [3.05, 3.63) is 11.5 Å². The van der Waals surface area contributed by atoms with Crippen LogP contribution in [0.3, 0.4) is 0 Å². The Labute approximate surface area is 399 Å². The lowest BCUT2D eigenvalue weighted by molar-refractivity contribution is -0.157. The minimum atomic E-state index is -1.45. The molecule has 4 amide bonds. The minimum Gasteiger partial charge on any atom is -0.481 e. The van der Waals surface area contributed by atoms with Crippen LogP contribution in [-0.4, -0.2) is 102 Å². The second kappa shape index (κ2) is 44.7. The van der Waals surface area contributed by atoms with Crippen LogP contribution in [0.2, 0.25) is 0 Å². The smallest absolute Gasteiger partial charge is 0.326 e. The summed E-state index contributed by atoms with van der Waals surface area (Å²) >= 11 is 1.18. The number of carboxylic acid groups (broad SMARTS) is 2. The Balaban J connectivity index is 4.67. The minimum absolute atomic E-state index is 0.0945. The largest absolute Gasteiger partial charge is 0.481 e. The summed E-state index contributed by atoms with van der Waals surface area (Å²) in [6.45, 7) is 2.78. The molecule has 6 N–H and O–H groups in total. The summed E-state index contributed by atoms with van der Waals surface area (Å²) in [5.41, 5.74) is 0. The van der Waals surface area contributed by atoms with Gasteiger partial charge in [0, 0.05) is 31.1 Å². The van der Waals surface area contributed by atoms with Gasteiger partial charge in [0.1, 0.15) is 18.8 Å². The molecule has 0 rings (SSSR count). The quantitative estimate of drug-likeness (QED) is 0.0191. The maximum absolute atomic E-state index is 12.8. The molecule has 0 bridgehead atoms. The van der Waals surface area contributed by atoms with Crippen molar-refractivity contribution in [1.82, 2.24) is 21.3 Å². The summed E-state index contributed by atoms with van der Waals surface area (Å²) < 4.78 is 11.2. The van der Waals surface area contributed by atoms with Crippen molar-refractivity contribution in [3.63, 3.8) is 0 Å². The molecule has 16 nitrogen and oxygen atoms in total. The van der Waals surface area contributed by atoms with Gasteiger partial charge < -0.3 is 41.0 Å². The third-order valence-corrected chi connectivity index (χ3v) is 11.8. The van der Waals surface area contributed by atoms with Crippen molar-refractivity contribution >= 4 is 59.3 Å². The van der Waals surface area contributed by atoms with Gasteiger partial charge >= 0.3 is 23.9 Å². The molecule has 0 saturated heterocycles. The molecule has 0 aliphatic heterocycles. The lowest BCUT2D eigenvalue weighted by Crippen LogP contribution is -2.47. The zero-order valence-electron chi connectivity index (χ0n) is 40.4. The van der Waals surface area contributed by atoms with Crippen LogP contribution < -0.4 is 21.3 Å². The van der Waals surface area contributed by atoms with E-state index in [2.05, 4.69) is 35.1 Å². The van der Waals surface area contributed by atoms with Gasteiger partial charge in [-0.25, -0.2) is 4.79 Å². The maximum atomic E-state index is 12.8. The number of unbranched alkanes of at least 4 members (excludes halogenated alkanes) is 24. The molecule has 0 aliphatic carbocycles. The summed E-state index contributed by atoms with van der Waals surface area (Å²) in [6, 6.07) is -1.45. The van der Waals surface area contributed by atoms with Gasteiger partial charge in [-0.3, -0.25) is 33.6 Å². The molecule has 17 heteroatoms. The highest BCUT2D eigenvalue weighted by Crippen LogP contribution is 2.16. The molecule has 2 atom stereocenters. The highest BCUT2D eigenvalue weighted by Gasteiger charge is 2.21. The number of carbonyl (C=O) groups is 8. The van der Waals surface area contributed by atoms with Gasteiger partial charge in [-0.1, -0.05) is 168 Å². The van der Waals surface area contributed by atoms with Crippen LogP contribution in [0.5, 0.6) is 0 Å². The molecule has 0 aromatic heterocycles. The van der Waals surface area contributed by atoms with E-state index >= 15 is 0 Å². The SMILES string of the molecule is CCCCCCCCCCCCCCCC(=O)OCC(CS/C=C/C(=O)NCC(=O)NCC(=O)NCC(=O)N[C@@H](CCC(=O)O)C(=O)O)OC(=O)CCCCCCCCCCCCCCC. The topological polar surface area (TPSA) is 244 Å². The first-order chi connectivity index (χ1) is 31.9. The lowest BCUT2D eigenvalue weighted by Gasteiger charge is -2.17. The zero-order chi connectivity index (χ0) is 48.9. The van der Waals surface area contributed by atoms with Crippen molar-refractivity contribution in [2.24, 2.45) is 0 Å². The molecule has 1 unspecified atom stereocenters. The highest BCUT2D eigenvalue weighted by molar-refractivity contribution is 8.02. The molecule has 66 heavy (non-hydrogen) atoms. The second-order valence-corrected chi connectivity index (χ2v) is 18.0. The fraction of sp³-hybridized carbons (Fsp3) is 0.796. The van der Waals surface area contributed by atoms with Gasteiger partial charge in [0.15, 0.2) is 0 Å². The Kier molecular flexibility index (Phi) is 41.9. The Morgan fingerprint density at radius 3 is 1.36 bits per heavy atom. The predicted octanol–water partition coefficient (Wildman–Crippen LogP) is 8.43. The molecule has 0 radical (unpaired) electrons. The molecule has 0 heterocycles. The number of aliphatic carboxylic acids is 2. The van der Waals surface area contributed by atoms with E-state index in [9.17, 15) is 38.4 Å². The van der Waals surface area contributed by atoms with Gasteiger partial charge in [0.05, 0.1) is 19.6 Å². The van der Waals surface area contributed by atoms with E-state index in [0.717, 1.165) is 44.9 Å². The number of amides is 4. The zero-order valence-corrected chi connectivity index (χ0v) is 41.3. The van der Waals surface area contributed by atoms with Crippen molar-refractivity contribution in [2.75, 3.05) is 32.0 Å². The normalized spacial score (nSPS) is 12.0. The van der Waals surface area contributed by atoms with E-state index in [-0.39, 0.29) is 37.1 Å². The van der Waals surface area contributed by atoms with E-state index in [1.165, 1.54) is 145 Å². The van der Waals surface area contributed by atoms with Crippen LogP contribution in [0.4, 0.5) is 0 Å². The van der Waals surface area contributed by atoms with E-state index in [0.29, 0.717) is 6.42 Å². The summed E-state index contributed by atoms with van der Waals surface area (Å²) in [6.07, 6.45) is 31.5. The molecule has 380 valence electrons. The lowest BCUT2D eigenvalue weighted by atomic mass is 10.0. The van der Waals surface area contributed by atoms with Crippen LogP contribution in [0.25, 0.3) is 0 Å². The van der Waals surface area contributed by atoms with E-state index in [1.807, 2.05) is 0 Å². The number of thioether (sulfide) groups is 1. The van der Waals surface area contributed by atoms with Crippen LogP contribution in [0.1, 0.15) is 206 Å². The second-order valence-electron chi connectivity index (χ2n) is 17.1. The standard InChI is InChI=1S/C49H86N4O12S/c1-3-5-7-9-11-13-15-17-19-21-23-25-27-29-47(60)64-38-40(65-48(61)30-28-26-24-22-20-18-16-14-12-10-8-6-4-2)39-66-34-33-42(54)50-35-43(55)51-36-44(56)52-37-45(57)53-41(49(62)63)31-32-46(58)59/h33-34,40-41H,3-32,35-39H2,1-2H3,(H,50,54)(H,51,55)(H,52,56)(H,53,57)(H,58,59)(H,62,63)/b34-33+/t40?,41-/m0/s1. The number of esters is 2. The first-order valence-corrected chi connectivity index (χ1v) is 26.1. The average molecular weight is 955 g/mol. The number of carboxylic acids is 2. The molecule has 0 saturated carbocycles. The Bertz CT molecular complexity index is 1380. The van der Waals surface area contributed by atoms with E-state index in [1.54, 1.807) is 0 Å². The van der Waals surface area contributed by atoms with Crippen LogP contribution in [-0.2, 0) is 47.8 Å². The molecule has 0 spiro atoms. The van der Waals surface area contributed by atoms with Gasteiger partial charge in [-0.15, -0.1) is 11.8 Å². The van der Waals surface area contributed by atoms with E-state index in [4.69, 9.17) is 19.7 Å². The predicted molar refractivity (Wildman–Crippen MR) is 259 cm³/mol. The Hall–Kier alpha value is -4.15. The van der Waals surface area contributed by atoms with Crippen molar-refractivity contribution in [1.29, 1.82) is 0 Å². The number of hydrogen-bond donors (Lipinski definition) is 6. The number of nitrogens with one attached hydrogen (secondary N) is 4. The van der Waals surface area contributed by atoms with Crippen LogP contribution in [0, 0.1) is 0 Å². The number of hydrogen-bond acceptors (Lipinski definition) is 11. The summed E-state index contributed by atoms with van der Waals surface area (Å²) in [7, 11) is 0. The van der Waals surface area contributed by atoms with Crippen molar-refractivity contribution in [3.8, 4) is 0 Å². The molecular weight excluding hydrogens is 869 g/mol. The van der Waals surface area contributed by atoms with Crippen molar-refractivity contribution in [2.45, 2.75) is 219 Å². The maximum Gasteiger partial charge on any atom is 0.326 e. The fourth-order valence-corrected chi connectivity index (χ4v) is 7.66. The van der Waals surface area contributed by atoms with Gasteiger partial charge in [-0.2, -0.15) is 0 Å². The van der Waals surface area contributed by atoms with E-state index < -0.39 is 73.8 Å². The number of carbonyl (C=O) groups excluding carboxylic acids is 6. The fourth-order valence-electron chi connectivity index (χ4n) is 6.95. The van der Waals surface area contributed by atoms with Crippen LogP contribution in [0.15, 0.2) is 11.5 Å². The van der Waals surface area contributed by atoms with Crippen LogP contribution >= 0.6 is 11.8 Å². The monoisotopic (exact) mass is 955 g/mol. The first-order valence-electron chi connectivity index (χ1n) is 25.1. The summed E-state index contributed by atoms with van der Waals surface area (Å²) in [5, 5.41) is 28.3. The number of ether oxygens (including phenoxy) is 2. The Morgan fingerprint density at radius 1 is 0.515 bits per heavy atom. The molecular formula is C49H86N4O12S. The first kappa shape index (κ1) is 61.9. The van der Waals surface area contributed by atoms with Gasteiger partial charge in [-0.05, 0) is 24.7 Å². The van der Waals surface area contributed by atoms with Crippen molar-refractivity contribution < 1.29 is 58.0 Å². The summed E-state index contributed by atoms with van der Waals surface area (Å²) in [4.78, 5) is 95.8. The summed E-state index contributed by atoms with van der Waals surface area (Å²) in [5.74, 6) is -6.04. The molecule has 0 aromatic carbocycles. The highest BCUT2D eigenvalue weighted by atomic mass is 32.2. The molecule has 0 aromatic rings. The molecule has 0 fully saturated rings. The third kappa shape index (κ3) is 42.5. The Morgan fingerprint density at radius 2 is 0.924 bits per heavy atom. The number of rotatable bonds is 46. The van der Waals surface area contributed by atoms with Gasteiger partial charge in [0.2, 0.25) is 23.6 Å². The van der Waals surface area contributed by atoms with Gasteiger partial charge in [0.25, 0.3) is 0 Å². The molecule has 0 aliphatic rings. The third-order valence-electron chi connectivity index (χ3n) is 10.9. The average Bonchev–Trinajstić information content (AvgIpc) is 3.28.